The molecule has 1 N–H and O–H groups in total. The van der Waals surface area contributed by atoms with Gasteiger partial charge in [0.2, 0.25) is 5.88 Å². The fourth-order valence-corrected chi connectivity index (χ4v) is 3.33. The molecule has 20 heavy (non-hydrogen) atoms. The highest BCUT2D eigenvalue weighted by atomic mass is 32.1. The zero-order valence-electron chi connectivity index (χ0n) is 12.8. The van der Waals surface area contributed by atoms with E-state index in [1.54, 1.807) is 18.4 Å². The number of rotatable bonds is 6. The second kappa shape index (κ2) is 7.24. The van der Waals surface area contributed by atoms with Crippen molar-refractivity contribution in [2.24, 2.45) is 5.92 Å². The third-order valence-electron chi connectivity index (χ3n) is 3.78. The van der Waals surface area contributed by atoms with Crippen molar-refractivity contribution in [1.29, 1.82) is 0 Å². The summed E-state index contributed by atoms with van der Waals surface area (Å²) in [6.07, 6.45) is 2.30. The first-order valence-electron chi connectivity index (χ1n) is 7.14. The Balaban J connectivity index is 1.92. The molecule has 0 aromatic carbocycles. The molecule has 0 aliphatic carbocycles. The van der Waals surface area contributed by atoms with Crippen LogP contribution in [0.3, 0.4) is 0 Å². The summed E-state index contributed by atoms with van der Waals surface area (Å²) in [7, 11) is 5.68. The maximum absolute atomic E-state index is 5.42. The predicted octanol–water partition coefficient (Wildman–Crippen LogP) is 2.12. The van der Waals surface area contributed by atoms with Crippen LogP contribution in [0.5, 0.6) is 5.88 Å². The maximum Gasteiger partial charge on any atom is 0.230 e. The van der Waals surface area contributed by atoms with Crippen molar-refractivity contribution in [3.8, 4) is 5.88 Å². The van der Waals surface area contributed by atoms with Gasteiger partial charge in [0, 0.05) is 39.9 Å². The van der Waals surface area contributed by atoms with E-state index in [-0.39, 0.29) is 0 Å². The third kappa shape index (κ3) is 3.84. The van der Waals surface area contributed by atoms with Crippen molar-refractivity contribution in [2.75, 3.05) is 39.3 Å². The molecule has 0 radical (unpaired) electrons. The van der Waals surface area contributed by atoms with Crippen LogP contribution in [0.15, 0.2) is 0 Å². The number of thiazole rings is 1. The van der Waals surface area contributed by atoms with Crippen molar-refractivity contribution in [3.05, 3.63) is 4.88 Å². The summed E-state index contributed by atoms with van der Waals surface area (Å²) in [5.41, 5.74) is 0. The van der Waals surface area contributed by atoms with Crippen LogP contribution in [-0.4, -0.2) is 45.4 Å². The Morgan fingerprint density at radius 1 is 1.45 bits per heavy atom. The van der Waals surface area contributed by atoms with Crippen molar-refractivity contribution < 1.29 is 9.47 Å². The molecule has 5 nitrogen and oxygen atoms in total. The third-order valence-corrected chi connectivity index (χ3v) is 4.99. The zero-order valence-corrected chi connectivity index (χ0v) is 13.6. The Labute approximate surface area is 125 Å². The molecule has 2 heterocycles. The Kier molecular flexibility index (Phi) is 5.63. The van der Waals surface area contributed by atoms with Crippen LogP contribution in [0.25, 0.3) is 0 Å². The van der Waals surface area contributed by atoms with Gasteiger partial charge in [-0.2, -0.15) is 4.98 Å². The number of anilines is 1. The lowest BCUT2D eigenvalue weighted by atomic mass is 9.93. The minimum atomic E-state index is 0.494. The van der Waals surface area contributed by atoms with Gasteiger partial charge >= 0.3 is 0 Å². The first-order chi connectivity index (χ1) is 9.61. The molecule has 1 unspecified atom stereocenters. The second-order valence-corrected chi connectivity index (χ2v) is 6.50. The van der Waals surface area contributed by atoms with Gasteiger partial charge in [0.05, 0.1) is 12.0 Å². The monoisotopic (exact) mass is 299 g/mol. The molecular formula is C14H25N3O2S. The molecule has 1 aromatic rings. The van der Waals surface area contributed by atoms with E-state index >= 15 is 0 Å². The second-order valence-electron chi connectivity index (χ2n) is 5.44. The molecule has 2 rings (SSSR count). The SMILES string of the molecule is COc1nc(N(C)C)sc1CNC(C)C1CCOCC1. The zero-order chi connectivity index (χ0) is 14.5. The first kappa shape index (κ1) is 15.5. The van der Waals surface area contributed by atoms with Gasteiger partial charge in [0.1, 0.15) is 0 Å². The van der Waals surface area contributed by atoms with Gasteiger partial charge in [-0.25, -0.2) is 0 Å². The van der Waals surface area contributed by atoms with Gasteiger partial charge in [0.25, 0.3) is 0 Å². The summed E-state index contributed by atoms with van der Waals surface area (Å²) < 4.78 is 10.8. The minimum absolute atomic E-state index is 0.494. The first-order valence-corrected chi connectivity index (χ1v) is 7.95. The summed E-state index contributed by atoms with van der Waals surface area (Å²) in [5, 5.41) is 4.60. The average Bonchev–Trinajstić information content (AvgIpc) is 2.89. The quantitative estimate of drug-likeness (QED) is 0.872. The number of hydrogen-bond acceptors (Lipinski definition) is 6. The normalized spacial score (nSPS) is 18.0. The largest absolute Gasteiger partial charge is 0.480 e. The van der Waals surface area contributed by atoms with E-state index < -0.39 is 0 Å². The summed E-state index contributed by atoms with van der Waals surface area (Å²) in [4.78, 5) is 7.66. The average molecular weight is 299 g/mol. The van der Waals surface area contributed by atoms with Crippen molar-refractivity contribution in [1.82, 2.24) is 10.3 Å². The molecule has 0 spiro atoms. The smallest absolute Gasteiger partial charge is 0.230 e. The van der Waals surface area contributed by atoms with Gasteiger partial charge in [-0.15, -0.1) is 0 Å². The van der Waals surface area contributed by atoms with Crippen LogP contribution in [0.2, 0.25) is 0 Å². The summed E-state index contributed by atoms with van der Waals surface area (Å²) >= 11 is 1.68. The Bertz CT molecular complexity index is 417. The highest BCUT2D eigenvalue weighted by Crippen LogP contribution is 2.30. The van der Waals surface area contributed by atoms with E-state index in [2.05, 4.69) is 17.2 Å². The molecule has 1 aromatic heterocycles. The summed E-state index contributed by atoms with van der Waals surface area (Å²) in [6, 6.07) is 0.494. The minimum Gasteiger partial charge on any atom is -0.480 e. The summed E-state index contributed by atoms with van der Waals surface area (Å²) in [6.45, 7) is 4.86. The molecule has 114 valence electrons. The molecule has 1 aliphatic rings. The predicted molar refractivity (Wildman–Crippen MR) is 82.8 cm³/mol. The highest BCUT2D eigenvalue weighted by Gasteiger charge is 2.21. The van der Waals surface area contributed by atoms with Crippen LogP contribution >= 0.6 is 11.3 Å². The van der Waals surface area contributed by atoms with Crippen LogP contribution in [0.1, 0.15) is 24.6 Å². The lowest BCUT2D eigenvalue weighted by Gasteiger charge is -2.28. The molecular weight excluding hydrogens is 274 g/mol. The Morgan fingerprint density at radius 2 is 2.15 bits per heavy atom. The molecule has 1 aliphatic heterocycles. The molecule has 1 atom stereocenters. The molecule has 1 saturated heterocycles. The highest BCUT2D eigenvalue weighted by molar-refractivity contribution is 7.15. The van der Waals surface area contributed by atoms with Crippen LogP contribution in [0, 0.1) is 5.92 Å². The Morgan fingerprint density at radius 3 is 2.75 bits per heavy atom. The van der Waals surface area contributed by atoms with E-state index in [1.165, 1.54) is 0 Å². The molecule has 0 saturated carbocycles. The fraction of sp³-hybridized carbons (Fsp3) is 0.786. The van der Waals surface area contributed by atoms with Crippen molar-refractivity contribution in [3.63, 3.8) is 0 Å². The maximum atomic E-state index is 5.42. The van der Waals surface area contributed by atoms with Crippen LogP contribution < -0.4 is 15.0 Å². The van der Waals surface area contributed by atoms with E-state index in [0.29, 0.717) is 12.0 Å². The van der Waals surface area contributed by atoms with Crippen molar-refractivity contribution in [2.45, 2.75) is 32.4 Å². The number of hydrogen-bond donors (Lipinski definition) is 1. The fourth-order valence-electron chi connectivity index (χ4n) is 2.42. The number of ether oxygens (including phenoxy) is 2. The lowest BCUT2D eigenvalue weighted by Crippen LogP contribution is -2.36. The molecule has 0 bridgehead atoms. The topological polar surface area (TPSA) is 46.6 Å². The lowest BCUT2D eigenvalue weighted by molar-refractivity contribution is 0.0558. The molecule has 1 fully saturated rings. The van der Waals surface area contributed by atoms with E-state index in [1.807, 2.05) is 19.0 Å². The van der Waals surface area contributed by atoms with Crippen molar-refractivity contribution >= 4 is 16.5 Å². The van der Waals surface area contributed by atoms with Crippen LogP contribution in [-0.2, 0) is 11.3 Å². The van der Waals surface area contributed by atoms with Crippen LogP contribution in [0.4, 0.5) is 5.13 Å². The standard InChI is InChI=1S/C14H25N3O2S/c1-10(11-5-7-19-8-6-11)15-9-12-13(18-4)16-14(20-12)17(2)3/h10-11,15H,5-9H2,1-4H3. The number of nitrogens with zero attached hydrogens (tertiary/aromatic N) is 2. The number of aromatic nitrogens is 1. The number of nitrogens with one attached hydrogen (secondary N) is 1. The van der Waals surface area contributed by atoms with Gasteiger partial charge in [-0.1, -0.05) is 11.3 Å². The van der Waals surface area contributed by atoms with Gasteiger partial charge in [-0.3, -0.25) is 0 Å². The van der Waals surface area contributed by atoms with E-state index in [0.717, 1.165) is 48.5 Å². The number of methoxy groups -OCH3 is 1. The molecule has 0 amide bonds. The van der Waals surface area contributed by atoms with E-state index in [9.17, 15) is 0 Å². The van der Waals surface area contributed by atoms with Gasteiger partial charge < -0.3 is 19.7 Å². The summed E-state index contributed by atoms with van der Waals surface area (Å²) in [5.74, 6) is 1.45. The molecule has 6 heteroatoms. The van der Waals surface area contributed by atoms with Gasteiger partial charge in [0.15, 0.2) is 5.13 Å². The van der Waals surface area contributed by atoms with E-state index in [4.69, 9.17) is 9.47 Å². The van der Waals surface area contributed by atoms with Gasteiger partial charge in [-0.05, 0) is 25.7 Å². The Hall–Kier alpha value is -0.850.